The minimum absolute atomic E-state index is 0.0584. The monoisotopic (exact) mass is 581 g/mol. The van der Waals surface area contributed by atoms with Crippen molar-refractivity contribution in [3.05, 3.63) is 95.1 Å². The van der Waals surface area contributed by atoms with Gasteiger partial charge in [0.2, 0.25) is 5.91 Å². The van der Waals surface area contributed by atoms with E-state index < -0.39 is 29.9 Å². The van der Waals surface area contributed by atoms with Gasteiger partial charge < -0.3 is 20.1 Å². The number of ether oxygens (including phenoxy) is 2. The van der Waals surface area contributed by atoms with Gasteiger partial charge >= 0.3 is 12.2 Å². The molecule has 2 N–H and O–H groups in total. The lowest BCUT2D eigenvalue weighted by molar-refractivity contribution is -0.126. The summed E-state index contributed by atoms with van der Waals surface area (Å²) in [6.07, 6.45) is 1.93. The summed E-state index contributed by atoms with van der Waals surface area (Å²) in [4.78, 5) is 41.4. The van der Waals surface area contributed by atoms with Gasteiger partial charge in [0, 0.05) is 12.5 Å². The SMILES string of the molecule is CC(C)(C)OC(=O)N1C[C@@H](NC(=O)OCC2c3ccccc3-c3ccccc32)C[C@H]1C(=O)N[C@@H]1CCCc2ccccc21. The van der Waals surface area contributed by atoms with E-state index >= 15 is 0 Å². The van der Waals surface area contributed by atoms with Gasteiger partial charge in [-0.3, -0.25) is 9.69 Å². The number of hydrogen-bond acceptors (Lipinski definition) is 5. The topological polar surface area (TPSA) is 97.0 Å². The summed E-state index contributed by atoms with van der Waals surface area (Å²) >= 11 is 0. The zero-order chi connectivity index (χ0) is 30.1. The third kappa shape index (κ3) is 6.10. The van der Waals surface area contributed by atoms with Crippen LogP contribution in [-0.4, -0.2) is 53.8 Å². The molecule has 224 valence electrons. The highest BCUT2D eigenvalue weighted by molar-refractivity contribution is 5.87. The molecule has 3 amide bonds. The van der Waals surface area contributed by atoms with Crippen molar-refractivity contribution in [3.63, 3.8) is 0 Å². The number of rotatable bonds is 5. The molecule has 0 unspecified atom stereocenters. The Balaban J connectivity index is 1.13. The van der Waals surface area contributed by atoms with Gasteiger partial charge in [0.15, 0.2) is 0 Å². The van der Waals surface area contributed by atoms with Crippen LogP contribution in [0.4, 0.5) is 9.59 Å². The maximum Gasteiger partial charge on any atom is 0.411 e. The first kappa shape index (κ1) is 28.8. The number of fused-ring (bicyclic) bond motifs is 4. The van der Waals surface area contributed by atoms with Crippen LogP contribution in [0.2, 0.25) is 0 Å². The number of carbonyl (C=O) groups is 3. The van der Waals surface area contributed by atoms with Crippen LogP contribution in [0.1, 0.15) is 74.2 Å². The Hall–Kier alpha value is -4.33. The third-order valence-electron chi connectivity index (χ3n) is 8.58. The fourth-order valence-corrected chi connectivity index (χ4v) is 6.69. The largest absolute Gasteiger partial charge is 0.449 e. The summed E-state index contributed by atoms with van der Waals surface area (Å²) in [5.74, 6) is -0.304. The Morgan fingerprint density at radius 3 is 2.16 bits per heavy atom. The third-order valence-corrected chi connectivity index (χ3v) is 8.58. The van der Waals surface area contributed by atoms with E-state index in [2.05, 4.69) is 47.0 Å². The molecule has 1 heterocycles. The number of hydrogen-bond donors (Lipinski definition) is 2. The van der Waals surface area contributed by atoms with Gasteiger partial charge in [-0.25, -0.2) is 9.59 Å². The molecule has 8 nitrogen and oxygen atoms in total. The number of nitrogens with zero attached hydrogens (tertiary/aromatic N) is 1. The molecule has 1 aliphatic heterocycles. The number of amides is 3. The summed E-state index contributed by atoms with van der Waals surface area (Å²) < 4.78 is 11.4. The van der Waals surface area contributed by atoms with Crippen molar-refractivity contribution in [2.24, 2.45) is 0 Å². The minimum Gasteiger partial charge on any atom is -0.449 e. The Morgan fingerprint density at radius 1 is 0.860 bits per heavy atom. The molecule has 0 saturated carbocycles. The summed E-state index contributed by atoms with van der Waals surface area (Å²) in [6, 6.07) is 23.2. The molecule has 3 aliphatic rings. The van der Waals surface area contributed by atoms with Gasteiger partial charge in [0.05, 0.1) is 12.1 Å². The molecule has 6 rings (SSSR count). The standard InChI is InChI=1S/C35H39N3O5/c1-35(2,3)43-34(41)38-20-23(19-31(38)32(39)37-30-18-10-12-22-11-4-5-13-24(22)30)36-33(40)42-21-29-27-16-8-6-14-25(27)26-15-7-9-17-28(26)29/h4-9,11,13-17,23,29-31H,10,12,18-21H2,1-3H3,(H,36,40)(H,37,39)/t23-,30+,31-/m0/s1. The second-order valence-electron chi connectivity index (χ2n) is 12.7. The summed E-state index contributed by atoms with van der Waals surface area (Å²) in [6.45, 7) is 5.72. The average molecular weight is 582 g/mol. The van der Waals surface area contributed by atoms with E-state index in [0.29, 0.717) is 0 Å². The first-order valence-electron chi connectivity index (χ1n) is 15.2. The smallest absolute Gasteiger partial charge is 0.411 e. The van der Waals surface area contributed by atoms with Gasteiger partial charge in [-0.15, -0.1) is 0 Å². The number of likely N-dealkylation sites (tertiary alicyclic amines) is 1. The molecular weight excluding hydrogens is 542 g/mol. The van der Waals surface area contributed by atoms with E-state index in [4.69, 9.17) is 9.47 Å². The Bertz CT molecular complexity index is 1480. The predicted octanol–water partition coefficient (Wildman–Crippen LogP) is 6.10. The molecule has 3 atom stereocenters. The zero-order valence-electron chi connectivity index (χ0n) is 25.0. The highest BCUT2D eigenvalue weighted by Crippen LogP contribution is 2.44. The van der Waals surface area contributed by atoms with Crippen molar-refractivity contribution in [2.45, 2.75) is 76.1 Å². The Morgan fingerprint density at radius 2 is 1.49 bits per heavy atom. The van der Waals surface area contributed by atoms with Gasteiger partial charge in [0.1, 0.15) is 18.2 Å². The number of nitrogens with one attached hydrogen (secondary N) is 2. The molecule has 0 bridgehead atoms. The fourth-order valence-electron chi connectivity index (χ4n) is 6.69. The lowest BCUT2D eigenvalue weighted by Gasteiger charge is -2.31. The van der Waals surface area contributed by atoms with Crippen molar-refractivity contribution >= 4 is 18.1 Å². The molecule has 0 radical (unpaired) electrons. The molecular formula is C35H39N3O5. The van der Waals surface area contributed by atoms with E-state index in [1.54, 1.807) is 20.8 Å². The lowest BCUT2D eigenvalue weighted by atomic mass is 9.87. The maximum absolute atomic E-state index is 13.7. The molecule has 2 aliphatic carbocycles. The first-order chi connectivity index (χ1) is 20.7. The van der Waals surface area contributed by atoms with Crippen LogP contribution >= 0.6 is 0 Å². The van der Waals surface area contributed by atoms with Gasteiger partial charge in [-0.1, -0.05) is 72.8 Å². The molecule has 0 spiro atoms. The molecule has 3 aromatic rings. The Labute approximate surface area is 252 Å². The molecule has 0 aromatic heterocycles. The quantitative estimate of drug-likeness (QED) is 0.380. The summed E-state index contributed by atoms with van der Waals surface area (Å²) in [5, 5.41) is 6.10. The summed E-state index contributed by atoms with van der Waals surface area (Å²) in [7, 11) is 0. The van der Waals surface area contributed by atoms with E-state index in [1.807, 2.05) is 36.4 Å². The average Bonchev–Trinajstić information content (AvgIpc) is 3.55. The lowest BCUT2D eigenvalue weighted by Crippen LogP contribution is -2.48. The van der Waals surface area contributed by atoms with Crippen LogP contribution in [0.5, 0.6) is 0 Å². The number of benzene rings is 3. The van der Waals surface area contributed by atoms with Crippen molar-refractivity contribution < 1.29 is 23.9 Å². The number of aryl methyl sites for hydroxylation is 1. The van der Waals surface area contributed by atoms with Gasteiger partial charge in [-0.2, -0.15) is 0 Å². The van der Waals surface area contributed by atoms with Gasteiger partial charge in [-0.05, 0) is 79.8 Å². The Kier molecular flexibility index (Phi) is 7.86. The van der Waals surface area contributed by atoms with E-state index in [0.717, 1.165) is 47.1 Å². The van der Waals surface area contributed by atoms with Crippen LogP contribution in [0.3, 0.4) is 0 Å². The number of alkyl carbamates (subject to hydrolysis) is 1. The van der Waals surface area contributed by atoms with Crippen LogP contribution in [0.15, 0.2) is 72.8 Å². The first-order valence-corrected chi connectivity index (χ1v) is 15.2. The highest BCUT2D eigenvalue weighted by Gasteiger charge is 2.43. The van der Waals surface area contributed by atoms with Crippen LogP contribution < -0.4 is 10.6 Å². The van der Waals surface area contributed by atoms with Crippen molar-refractivity contribution in [3.8, 4) is 11.1 Å². The second-order valence-corrected chi connectivity index (χ2v) is 12.7. The van der Waals surface area contributed by atoms with Crippen LogP contribution in [-0.2, 0) is 20.7 Å². The predicted molar refractivity (Wildman–Crippen MR) is 164 cm³/mol. The fraction of sp³-hybridized carbons (Fsp3) is 0.400. The second kappa shape index (κ2) is 11.7. The van der Waals surface area contributed by atoms with E-state index in [-0.39, 0.29) is 37.4 Å². The minimum atomic E-state index is -0.775. The number of carbonyl (C=O) groups excluding carboxylic acids is 3. The van der Waals surface area contributed by atoms with Crippen LogP contribution in [0, 0.1) is 0 Å². The molecule has 43 heavy (non-hydrogen) atoms. The van der Waals surface area contributed by atoms with Crippen molar-refractivity contribution in [1.29, 1.82) is 0 Å². The molecule has 1 saturated heterocycles. The normalized spacial score (nSPS) is 20.9. The molecule has 1 fully saturated rings. The van der Waals surface area contributed by atoms with Crippen LogP contribution in [0.25, 0.3) is 11.1 Å². The van der Waals surface area contributed by atoms with Crippen molar-refractivity contribution in [1.82, 2.24) is 15.5 Å². The molecule has 8 heteroatoms. The van der Waals surface area contributed by atoms with Crippen molar-refractivity contribution in [2.75, 3.05) is 13.2 Å². The maximum atomic E-state index is 13.7. The highest BCUT2D eigenvalue weighted by atomic mass is 16.6. The molecule has 3 aromatic carbocycles. The van der Waals surface area contributed by atoms with E-state index in [1.165, 1.54) is 10.5 Å². The van der Waals surface area contributed by atoms with Gasteiger partial charge in [0.25, 0.3) is 0 Å². The zero-order valence-corrected chi connectivity index (χ0v) is 25.0. The summed E-state index contributed by atoms with van der Waals surface area (Å²) in [5.41, 5.74) is 6.22. The van der Waals surface area contributed by atoms with E-state index in [9.17, 15) is 14.4 Å².